The number of amides is 2. The molecule has 2 aliphatic heterocycles. The molecule has 0 spiro atoms. The van der Waals surface area contributed by atoms with Crippen molar-refractivity contribution in [2.75, 3.05) is 24.6 Å². The van der Waals surface area contributed by atoms with Gasteiger partial charge in [0.05, 0.1) is 0 Å². The van der Waals surface area contributed by atoms with E-state index in [4.69, 9.17) is 0 Å². The molecular weight excluding hydrogens is 252 g/mol. The summed E-state index contributed by atoms with van der Waals surface area (Å²) < 4.78 is 0. The van der Waals surface area contributed by atoms with Gasteiger partial charge in [-0.15, -0.1) is 0 Å². The van der Waals surface area contributed by atoms with Crippen LogP contribution >= 0.6 is 11.8 Å². The van der Waals surface area contributed by atoms with Gasteiger partial charge in [-0.05, 0) is 25.2 Å². The average Bonchev–Trinajstić information content (AvgIpc) is 3.00. The fraction of sp³-hybridized carbons (Fsp3) is 0.833. The zero-order chi connectivity index (χ0) is 12.7. The van der Waals surface area contributed by atoms with Crippen molar-refractivity contribution in [2.45, 2.75) is 31.3 Å². The third kappa shape index (κ3) is 1.96. The maximum absolute atomic E-state index is 12.5. The molecule has 0 radical (unpaired) electrons. The number of hydrogen-bond acceptors (Lipinski definition) is 3. The van der Waals surface area contributed by atoms with E-state index in [1.165, 1.54) is 6.42 Å². The standard InChI is InChI=1S/C12H18N2O3S/c15-11(16)10-7-18-4-3-13(10)12(17)14-6-8-1-2-9(14)5-8/h8-10H,1-7H2,(H,15,16). The minimum absolute atomic E-state index is 0.0464. The summed E-state index contributed by atoms with van der Waals surface area (Å²) in [7, 11) is 0. The average molecular weight is 270 g/mol. The Labute approximate surface area is 110 Å². The zero-order valence-corrected chi connectivity index (χ0v) is 11.1. The van der Waals surface area contributed by atoms with Gasteiger partial charge in [-0.2, -0.15) is 11.8 Å². The second kappa shape index (κ2) is 4.64. The second-order valence-corrected chi connectivity index (χ2v) is 6.54. The van der Waals surface area contributed by atoms with Gasteiger partial charge >= 0.3 is 12.0 Å². The van der Waals surface area contributed by atoms with Crippen LogP contribution in [-0.4, -0.2) is 63.6 Å². The van der Waals surface area contributed by atoms with Crippen molar-refractivity contribution >= 4 is 23.8 Å². The number of piperidine rings is 1. The van der Waals surface area contributed by atoms with E-state index in [1.54, 1.807) is 16.7 Å². The Morgan fingerprint density at radius 3 is 2.67 bits per heavy atom. The number of carbonyl (C=O) groups excluding carboxylic acids is 1. The van der Waals surface area contributed by atoms with Crippen LogP contribution in [0.4, 0.5) is 4.79 Å². The van der Waals surface area contributed by atoms with E-state index < -0.39 is 12.0 Å². The predicted molar refractivity (Wildman–Crippen MR) is 68.7 cm³/mol. The number of fused-ring (bicyclic) bond motifs is 2. The molecule has 3 aliphatic rings. The maximum atomic E-state index is 12.5. The Kier molecular flexibility index (Phi) is 3.13. The molecule has 6 heteroatoms. The summed E-state index contributed by atoms with van der Waals surface area (Å²) in [6.45, 7) is 1.40. The highest BCUT2D eigenvalue weighted by molar-refractivity contribution is 7.99. The number of carboxylic acid groups (broad SMARTS) is 1. The van der Waals surface area contributed by atoms with Gasteiger partial charge in [-0.25, -0.2) is 9.59 Å². The monoisotopic (exact) mass is 270 g/mol. The lowest BCUT2D eigenvalue weighted by Crippen LogP contribution is -2.56. The van der Waals surface area contributed by atoms with Crippen molar-refractivity contribution in [1.29, 1.82) is 0 Å². The molecule has 100 valence electrons. The number of likely N-dealkylation sites (tertiary alicyclic amines) is 1. The van der Waals surface area contributed by atoms with Crippen LogP contribution in [0.5, 0.6) is 0 Å². The van der Waals surface area contributed by atoms with Crippen molar-refractivity contribution < 1.29 is 14.7 Å². The lowest BCUT2D eigenvalue weighted by Gasteiger charge is -2.38. The van der Waals surface area contributed by atoms with Gasteiger partial charge in [0.25, 0.3) is 0 Å². The second-order valence-electron chi connectivity index (χ2n) is 5.39. The number of thioether (sulfide) groups is 1. The summed E-state index contributed by atoms with van der Waals surface area (Å²) in [6, 6.07) is -0.322. The third-order valence-corrected chi connectivity index (χ3v) is 5.34. The molecule has 1 N–H and O–H groups in total. The van der Waals surface area contributed by atoms with Gasteiger partial charge in [0.1, 0.15) is 6.04 Å². The lowest BCUT2D eigenvalue weighted by molar-refractivity contribution is -0.141. The first-order valence-electron chi connectivity index (χ1n) is 6.54. The van der Waals surface area contributed by atoms with E-state index in [9.17, 15) is 14.7 Å². The fourth-order valence-corrected chi connectivity index (χ4v) is 4.40. The number of carbonyl (C=O) groups is 2. The van der Waals surface area contributed by atoms with Crippen LogP contribution < -0.4 is 0 Å². The minimum Gasteiger partial charge on any atom is -0.480 e. The molecule has 3 rings (SSSR count). The van der Waals surface area contributed by atoms with Gasteiger partial charge in [0.2, 0.25) is 0 Å². The van der Waals surface area contributed by atoms with Crippen LogP contribution in [0.2, 0.25) is 0 Å². The number of aliphatic carboxylic acids is 1. The first-order valence-corrected chi connectivity index (χ1v) is 7.70. The minimum atomic E-state index is -0.875. The zero-order valence-electron chi connectivity index (χ0n) is 10.2. The van der Waals surface area contributed by atoms with E-state index in [0.717, 1.165) is 25.1 Å². The van der Waals surface area contributed by atoms with Gasteiger partial charge in [-0.1, -0.05) is 0 Å². The molecule has 1 saturated carbocycles. The molecular formula is C12H18N2O3S. The predicted octanol–water partition coefficient (Wildman–Crippen LogP) is 1.09. The van der Waals surface area contributed by atoms with Crippen LogP contribution in [0.25, 0.3) is 0 Å². The topological polar surface area (TPSA) is 60.9 Å². The maximum Gasteiger partial charge on any atom is 0.327 e. The van der Waals surface area contributed by atoms with Crippen molar-refractivity contribution in [3.63, 3.8) is 0 Å². The molecule has 0 aromatic rings. The number of hydrogen-bond donors (Lipinski definition) is 1. The van der Waals surface area contributed by atoms with Gasteiger partial charge in [-0.3, -0.25) is 0 Å². The summed E-state index contributed by atoms with van der Waals surface area (Å²) in [4.78, 5) is 27.2. The first kappa shape index (κ1) is 12.1. The molecule has 1 aliphatic carbocycles. The smallest absolute Gasteiger partial charge is 0.327 e. The van der Waals surface area contributed by atoms with Crippen molar-refractivity contribution in [3.05, 3.63) is 0 Å². The molecule has 2 heterocycles. The Bertz CT molecular complexity index is 376. The lowest BCUT2D eigenvalue weighted by atomic mass is 10.1. The molecule has 18 heavy (non-hydrogen) atoms. The van der Waals surface area contributed by atoms with Gasteiger partial charge in [0, 0.05) is 30.6 Å². The van der Waals surface area contributed by atoms with Crippen LogP contribution in [-0.2, 0) is 4.79 Å². The van der Waals surface area contributed by atoms with Gasteiger partial charge < -0.3 is 14.9 Å². The Morgan fingerprint density at radius 1 is 1.22 bits per heavy atom. The van der Waals surface area contributed by atoms with Crippen molar-refractivity contribution in [3.8, 4) is 0 Å². The van der Waals surface area contributed by atoms with E-state index in [0.29, 0.717) is 24.3 Å². The molecule has 3 atom stereocenters. The molecule has 2 saturated heterocycles. The highest BCUT2D eigenvalue weighted by Crippen LogP contribution is 2.38. The fourth-order valence-electron chi connectivity index (χ4n) is 3.36. The molecule has 2 amide bonds. The molecule has 3 fully saturated rings. The molecule has 2 bridgehead atoms. The van der Waals surface area contributed by atoms with Gasteiger partial charge in [0.15, 0.2) is 0 Å². The van der Waals surface area contributed by atoms with Crippen LogP contribution in [0.1, 0.15) is 19.3 Å². The van der Waals surface area contributed by atoms with E-state index >= 15 is 0 Å². The first-order chi connectivity index (χ1) is 8.66. The molecule has 0 aromatic heterocycles. The van der Waals surface area contributed by atoms with Crippen LogP contribution in [0.3, 0.4) is 0 Å². The number of urea groups is 1. The van der Waals surface area contributed by atoms with Crippen LogP contribution in [0, 0.1) is 5.92 Å². The summed E-state index contributed by atoms with van der Waals surface area (Å²) in [5, 5.41) is 9.21. The van der Waals surface area contributed by atoms with E-state index in [1.807, 2.05) is 4.90 Å². The number of carboxylic acids is 1. The highest BCUT2D eigenvalue weighted by atomic mass is 32.2. The van der Waals surface area contributed by atoms with Crippen molar-refractivity contribution in [2.24, 2.45) is 5.92 Å². The summed E-state index contributed by atoms with van der Waals surface area (Å²) in [5.41, 5.74) is 0. The SMILES string of the molecule is O=C(O)C1CSCCN1C(=O)N1CC2CCC1C2. The summed E-state index contributed by atoms with van der Waals surface area (Å²) >= 11 is 1.62. The summed E-state index contributed by atoms with van der Waals surface area (Å²) in [6.07, 6.45) is 3.44. The Morgan fingerprint density at radius 2 is 2.06 bits per heavy atom. The quantitative estimate of drug-likeness (QED) is 0.775. The highest BCUT2D eigenvalue weighted by Gasteiger charge is 2.44. The normalized spacial score (nSPS) is 35.0. The third-order valence-electron chi connectivity index (χ3n) is 4.31. The van der Waals surface area contributed by atoms with Crippen LogP contribution in [0.15, 0.2) is 0 Å². The number of rotatable bonds is 1. The molecule has 5 nitrogen and oxygen atoms in total. The number of nitrogens with zero attached hydrogens (tertiary/aromatic N) is 2. The van der Waals surface area contributed by atoms with Crippen molar-refractivity contribution in [1.82, 2.24) is 9.80 Å². The molecule has 0 aromatic carbocycles. The molecule has 3 unspecified atom stereocenters. The Hall–Kier alpha value is -0.910. The van der Waals surface area contributed by atoms with E-state index in [-0.39, 0.29) is 6.03 Å². The Balaban J connectivity index is 1.72. The summed E-state index contributed by atoms with van der Waals surface area (Å²) in [5.74, 6) is 1.14. The largest absolute Gasteiger partial charge is 0.480 e. The van der Waals surface area contributed by atoms with E-state index in [2.05, 4.69) is 0 Å².